The Hall–Kier alpha value is -3.19. The minimum absolute atomic E-state index is 0.0457. The summed E-state index contributed by atoms with van der Waals surface area (Å²) in [5.41, 5.74) is 5.45. The van der Waals surface area contributed by atoms with Crippen LogP contribution in [-0.2, 0) is 27.4 Å². The third-order valence-electron chi connectivity index (χ3n) is 4.70. The number of ether oxygens (including phenoxy) is 2. The topological polar surface area (TPSA) is 77.5 Å². The second-order valence-corrected chi connectivity index (χ2v) is 8.39. The number of esters is 1. The predicted octanol–water partition coefficient (Wildman–Crippen LogP) is 4.68. The van der Waals surface area contributed by atoms with Gasteiger partial charge in [0.25, 0.3) is 0 Å². The first kappa shape index (κ1) is 22.5. The van der Waals surface area contributed by atoms with Crippen molar-refractivity contribution in [2.75, 3.05) is 11.9 Å². The van der Waals surface area contributed by atoms with Crippen LogP contribution in [0.4, 0.5) is 5.69 Å². The van der Waals surface area contributed by atoms with Crippen LogP contribution >= 0.6 is 11.3 Å². The fraction of sp³-hybridized carbons (Fsp3) is 0.292. The van der Waals surface area contributed by atoms with Crippen molar-refractivity contribution in [3.05, 3.63) is 74.7 Å². The van der Waals surface area contributed by atoms with Gasteiger partial charge >= 0.3 is 5.97 Å². The lowest BCUT2D eigenvalue weighted by molar-refractivity contribution is -0.147. The number of carbonyl (C=O) groups is 2. The Morgan fingerprint density at radius 2 is 1.77 bits per heavy atom. The standard InChI is InChI=1S/C24H26N2O4S/c1-15-8-9-16(2)20(10-15)26-21(27)11-22-25-19(14-31-22)12-29-23(28)13-30-24-17(3)6-5-7-18(24)4/h5-10,14H,11-13H2,1-4H3,(H,26,27). The molecule has 0 saturated carbocycles. The van der Waals surface area contributed by atoms with Gasteiger partial charge < -0.3 is 14.8 Å². The van der Waals surface area contributed by atoms with Gasteiger partial charge in [-0.05, 0) is 56.0 Å². The van der Waals surface area contributed by atoms with Crippen LogP contribution in [-0.4, -0.2) is 23.5 Å². The zero-order valence-electron chi connectivity index (χ0n) is 18.2. The lowest BCUT2D eigenvalue weighted by Crippen LogP contribution is -2.16. The van der Waals surface area contributed by atoms with Crippen molar-refractivity contribution in [2.24, 2.45) is 0 Å². The molecule has 0 radical (unpaired) electrons. The average Bonchev–Trinajstić information content (AvgIpc) is 3.16. The normalized spacial score (nSPS) is 10.6. The van der Waals surface area contributed by atoms with E-state index in [4.69, 9.17) is 9.47 Å². The monoisotopic (exact) mass is 438 g/mol. The van der Waals surface area contributed by atoms with E-state index in [2.05, 4.69) is 10.3 Å². The van der Waals surface area contributed by atoms with Crippen molar-refractivity contribution >= 4 is 28.9 Å². The molecule has 7 heteroatoms. The van der Waals surface area contributed by atoms with Crippen molar-refractivity contribution < 1.29 is 19.1 Å². The first-order valence-electron chi connectivity index (χ1n) is 9.97. The van der Waals surface area contributed by atoms with Gasteiger partial charge in [0, 0.05) is 11.1 Å². The van der Waals surface area contributed by atoms with E-state index >= 15 is 0 Å². The van der Waals surface area contributed by atoms with Crippen LogP contribution in [0.2, 0.25) is 0 Å². The quantitative estimate of drug-likeness (QED) is 0.517. The van der Waals surface area contributed by atoms with Crippen LogP contribution < -0.4 is 10.1 Å². The third kappa shape index (κ3) is 6.39. The van der Waals surface area contributed by atoms with Gasteiger partial charge in [-0.15, -0.1) is 11.3 Å². The van der Waals surface area contributed by atoms with Crippen molar-refractivity contribution in [3.63, 3.8) is 0 Å². The molecule has 0 aliphatic rings. The summed E-state index contributed by atoms with van der Waals surface area (Å²) in [4.78, 5) is 28.8. The Bertz CT molecular complexity index is 1070. The summed E-state index contributed by atoms with van der Waals surface area (Å²) >= 11 is 1.37. The van der Waals surface area contributed by atoms with E-state index in [-0.39, 0.29) is 25.5 Å². The maximum atomic E-state index is 12.3. The Balaban J connectivity index is 1.46. The minimum Gasteiger partial charge on any atom is -0.481 e. The Morgan fingerprint density at radius 3 is 2.52 bits per heavy atom. The summed E-state index contributed by atoms with van der Waals surface area (Å²) in [5.74, 6) is 0.101. The molecule has 3 aromatic rings. The molecule has 0 spiro atoms. The number of aromatic nitrogens is 1. The number of rotatable bonds is 8. The van der Waals surface area contributed by atoms with Crippen molar-refractivity contribution in [3.8, 4) is 5.75 Å². The predicted molar refractivity (Wildman–Crippen MR) is 122 cm³/mol. The first-order valence-corrected chi connectivity index (χ1v) is 10.8. The lowest BCUT2D eigenvalue weighted by atomic mass is 10.1. The number of anilines is 1. The van der Waals surface area contributed by atoms with E-state index in [0.717, 1.165) is 27.9 Å². The number of nitrogens with zero attached hydrogens (tertiary/aromatic N) is 1. The summed E-state index contributed by atoms with van der Waals surface area (Å²) in [6, 6.07) is 11.7. The van der Waals surface area contributed by atoms with Crippen LogP contribution in [0.1, 0.15) is 33.0 Å². The molecule has 0 atom stereocenters. The summed E-state index contributed by atoms with van der Waals surface area (Å²) < 4.78 is 10.9. The van der Waals surface area contributed by atoms with Crippen molar-refractivity contribution in [1.29, 1.82) is 0 Å². The molecular weight excluding hydrogens is 412 g/mol. The summed E-state index contributed by atoms with van der Waals surface area (Å²) in [5, 5.41) is 5.39. The number of thiazole rings is 1. The summed E-state index contributed by atoms with van der Waals surface area (Å²) in [6.45, 7) is 7.68. The molecule has 0 fully saturated rings. The van der Waals surface area contributed by atoms with Crippen molar-refractivity contribution in [2.45, 2.75) is 40.7 Å². The fourth-order valence-corrected chi connectivity index (χ4v) is 3.83. The highest BCUT2D eigenvalue weighted by Gasteiger charge is 2.12. The average molecular weight is 439 g/mol. The molecule has 0 bridgehead atoms. The van der Waals surface area contributed by atoms with E-state index in [0.29, 0.717) is 16.5 Å². The number of hydrogen-bond acceptors (Lipinski definition) is 6. The van der Waals surface area contributed by atoms with Gasteiger partial charge in [0.2, 0.25) is 5.91 Å². The summed E-state index contributed by atoms with van der Waals surface area (Å²) in [7, 11) is 0. The molecule has 1 heterocycles. The van der Waals surface area contributed by atoms with Crippen LogP contribution in [0.3, 0.4) is 0 Å². The Morgan fingerprint density at radius 1 is 1.03 bits per heavy atom. The molecule has 6 nitrogen and oxygen atoms in total. The molecule has 0 aliphatic carbocycles. The highest BCUT2D eigenvalue weighted by molar-refractivity contribution is 7.09. The maximum absolute atomic E-state index is 12.3. The van der Waals surface area contributed by atoms with Gasteiger partial charge in [-0.3, -0.25) is 4.79 Å². The molecule has 0 unspecified atom stereocenters. The lowest BCUT2D eigenvalue weighted by Gasteiger charge is -2.11. The molecule has 1 aromatic heterocycles. The molecule has 1 amide bonds. The van der Waals surface area contributed by atoms with Crippen LogP contribution in [0.5, 0.6) is 5.75 Å². The molecule has 0 aliphatic heterocycles. The van der Waals surface area contributed by atoms with Crippen LogP contribution in [0, 0.1) is 27.7 Å². The van der Waals surface area contributed by atoms with Crippen LogP contribution in [0.15, 0.2) is 41.8 Å². The van der Waals surface area contributed by atoms with Crippen molar-refractivity contribution in [1.82, 2.24) is 4.98 Å². The zero-order chi connectivity index (χ0) is 22.4. The number of hydrogen-bond donors (Lipinski definition) is 1. The fourth-order valence-electron chi connectivity index (χ4n) is 3.05. The number of carbonyl (C=O) groups excluding carboxylic acids is 2. The second kappa shape index (κ2) is 10.2. The summed E-state index contributed by atoms with van der Waals surface area (Å²) in [6.07, 6.45) is 0.168. The second-order valence-electron chi connectivity index (χ2n) is 7.45. The number of benzene rings is 2. The maximum Gasteiger partial charge on any atom is 0.344 e. The molecule has 1 N–H and O–H groups in total. The highest BCUT2D eigenvalue weighted by atomic mass is 32.1. The van der Waals surface area contributed by atoms with Gasteiger partial charge in [0.05, 0.1) is 12.1 Å². The SMILES string of the molecule is Cc1ccc(C)c(NC(=O)Cc2nc(COC(=O)COc3c(C)cccc3C)cs2)c1. The van der Waals surface area contributed by atoms with Gasteiger partial charge in [-0.2, -0.15) is 0 Å². The smallest absolute Gasteiger partial charge is 0.344 e. The van der Waals surface area contributed by atoms with E-state index in [1.54, 1.807) is 5.38 Å². The van der Waals surface area contributed by atoms with Gasteiger partial charge in [0.15, 0.2) is 6.61 Å². The molecule has 0 saturated heterocycles. The van der Waals surface area contributed by atoms with E-state index in [9.17, 15) is 9.59 Å². The van der Waals surface area contributed by atoms with Crippen LogP contribution in [0.25, 0.3) is 0 Å². The number of aryl methyl sites for hydroxylation is 4. The largest absolute Gasteiger partial charge is 0.481 e. The minimum atomic E-state index is -0.468. The molecule has 162 valence electrons. The highest BCUT2D eigenvalue weighted by Crippen LogP contribution is 2.22. The molecule has 2 aromatic carbocycles. The Kier molecular flexibility index (Phi) is 7.41. The van der Waals surface area contributed by atoms with Gasteiger partial charge in [0.1, 0.15) is 17.4 Å². The van der Waals surface area contributed by atoms with Gasteiger partial charge in [-0.25, -0.2) is 9.78 Å². The van der Waals surface area contributed by atoms with E-state index in [1.807, 2.05) is 64.1 Å². The van der Waals surface area contributed by atoms with Gasteiger partial charge in [-0.1, -0.05) is 30.3 Å². The first-order chi connectivity index (χ1) is 14.8. The number of para-hydroxylation sites is 1. The number of nitrogens with one attached hydrogen (secondary N) is 1. The molecule has 31 heavy (non-hydrogen) atoms. The van der Waals surface area contributed by atoms with E-state index < -0.39 is 5.97 Å². The third-order valence-corrected chi connectivity index (χ3v) is 5.60. The van der Waals surface area contributed by atoms with E-state index in [1.165, 1.54) is 11.3 Å². The Labute approximate surface area is 186 Å². The molecule has 3 rings (SSSR count). The molecular formula is C24H26N2O4S. The number of amides is 1. The zero-order valence-corrected chi connectivity index (χ0v) is 19.0.